The minimum Gasteiger partial charge on any atom is -0.456 e. The first-order valence-electron chi connectivity index (χ1n) is 18.5. The van der Waals surface area contributed by atoms with Crippen LogP contribution in [0.15, 0.2) is 45.2 Å². The van der Waals surface area contributed by atoms with Gasteiger partial charge in [0.2, 0.25) is 0 Å². The van der Waals surface area contributed by atoms with E-state index in [1.54, 1.807) is 0 Å². The second kappa shape index (κ2) is 16.5. The molecular formula is C42H58O2. The SMILES string of the molecule is CCCCCCc1cc2oc3cc4c(cc3c2cc1CCCCCC)oc1cc(CCCCCC)c(CCCCCC)cc14. The first-order chi connectivity index (χ1) is 21.7. The lowest BCUT2D eigenvalue weighted by molar-refractivity contribution is 0.646. The Kier molecular flexibility index (Phi) is 12.3. The van der Waals surface area contributed by atoms with Gasteiger partial charge in [-0.2, -0.15) is 0 Å². The van der Waals surface area contributed by atoms with Crippen LogP contribution in [0.4, 0.5) is 0 Å². The van der Waals surface area contributed by atoms with E-state index in [-0.39, 0.29) is 0 Å². The van der Waals surface area contributed by atoms with E-state index in [1.165, 1.54) is 159 Å². The fourth-order valence-corrected chi connectivity index (χ4v) is 7.21. The Labute approximate surface area is 267 Å². The van der Waals surface area contributed by atoms with Crippen LogP contribution < -0.4 is 0 Å². The van der Waals surface area contributed by atoms with Crippen LogP contribution in [0.25, 0.3) is 43.9 Å². The number of unbranched alkanes of at least 4 members (excludes halogenated alkanes) is 12. The van der Waals surface area contributed by atoms with Crippen LogP contribution in [0.1, 0.15) is 153 Å². The van der Waals surface area contributed by atoms with Crippen molar-refractivity contribution < 1.29 is 8.83 Å². The Balaban J connectivity index is 1.52. The van der Waals surface area contributed by atoms with Gasteiger partial charge in [-0.15, -0.1) is 0 Å². The van der Waals surface area contributed by atoms with Gasteiger partial charge in [0.1, 0.15) is 22.3 Å². The van der Waals surface area contributed by atoms with Gasteiger partial charge in [-0.1, -0.05) is 105 Å². The molecule has 0 aliphatic heterocycles. The molecule has 0 fully saturated rings. The van der Waals surface area contributed by atoms with Gasteiger partial charge in [-0.3, -0.25) is 0 Å². The molecule has 0 aliphatic carbocycles. The molecule has 0 spiro atoms. The van der Waals surface area contributed by atoms with E-state index in [0.717, 1.165) is 35.2 Å². The highest BCUT2D eigenvalue weighted by Gasteiger charge is 2.17. The summed E-state index contributed by atoms with van der Waals surface area (Å²) in [5.74, 6) is 0. The molecule has 44 heavy (non-hydrogen) atoms. The smallest absolute Gasteiger partial charge is 0.136 e. The van der Waals surface area contributed by atoms with Crippen molar-refractivity contribution in [3.05, 3.63) is 58.7 Å². The molecule has 2 nitrogen and oxygen atoms in total. The maximum atomic E-state index is 6.63. The molecule has 0 aliphatic rings. The molecule has 3 aromatic carbocycles. The zero-order valence-corrected chi connectivity index (χ0v) is 28.4. The summed E-state index contributed by atoms with van der Waals surface area (Å²) >= 11 is 0. The van der Waals surface area contributed by atoms with Gasteiger partial charge in [0.05, 0.1) is 0 Å². The van der Waals surface area contributed by atoms with E-state index in [2.05, 4.69) is 64.1 Å². The first kappa shape index (κ1) is 32.6. The van der Waals surface area contributed by atoms with Crippen LogP contribution in [0.3, 0.4) is 0 Å². The Hall–Kier alpha value is -2.74. The van der Waals surface area contributed by atoms with Gasteiger partial charge in [-0.25, -0.2) is 0 Å². The topological polar surface area (TPSA) is 26.3 Å². The van der Waals surface area contributed by atoms with Crippen molar-refractivity contribution in [3.8, 4) is 0 Å². The number of furan rings is 2. The van der Waals surface area contributed by atoms with Crippen LogP contribution in [0.2, 0.25) is 0 Å². The summed E-state index contributed by atoms with van der Waals surface area (Å²) < 4.78 is 13.3. The van der Waals surface area contributed by atoms with Crippen LogP contribution in [-0.2, 0) is 25.7 Å². The number of hydrogen-bond acceptors (Lipinski definition) is 2. The molecule has 0 amide bonds. The van der Waals surface area contributed by atoms with E-state index in [1.807, 2.05) is 0 Å². The molecule has 0 atom stereocenters. The molecule has 0 radical (unpaired) electrons. The second-order valence-electron chi connectivity index (χ2n) is 13.5. The molecular weight excluding hydrogens is 536 g/mol. The monoisotopic (exact) mass is 594 g/mol. The highest BCUT2D eigenvalue weighted by molar-refractivity contribution is 6.15. The Morgan fingerprint density at radius 1 is 0.318 bits per heavy atom. The van der Waals surface area contributed by atoms with E-state index in [4.69, 9.17) is 8.83 Å². The zero-order valence-electron chi connectivity index (χ0n) is 28.4. The lowest BCUT2D eigenvalue weighted by Gasteiger charge is -2.10. The largest absolute Gasteiger partial charge is 0.456 e. The third-order valence-corrected chi connectivity index (χ3v) is 9.90. The lowest BCUT2D eigenvalue weighted by Crippen LogP contribution is -1.96. The molecule has 5 rings (SSSR count). The fourth-order valence-electron chi connectivity index (χ4n) is 7.21. The average molecular weight is 595 g/mol. The number of rotatable bonds is 20. The maximum absolute atomic E-state index is 6.63. The van der Waals surface area contributed by atoms with Gasteiger partial charge < -0.3 is 8.83 Å². The molecule has 0 saturated carbocycles. The van der Waals surface area contributed by atoms with Crippen LogP contribution in [0.5, 0.6) is 0 Å². The maximum Gasteiger partial charge on any atom is 0.136 e. The highest BCUT2D eigenvalue weighted by Crippen LogP contribution is 2.39. The first-order valence-corrected chi connectivity index (χ1v) is 18.5. The van der Waals surface area contributed by atoms with Gasteiger partial charge in [0.25, 0.3) is 0 Å². The summed E-state index contributed by atoms with van der Waals surface area (Å²) in [6.45, 7) is 9.18. The third kappa shape index (κ3) is 7.91. The van der Waals surface area contributed by atoms with Crippen molar-refractivity contribution in [2.75, 3.05) is 0 Å². The summed E-state index contributed by atoms with van der Waals surface area (Å²) in [6.07, 6.45) is 25.4. The van der Waals surface area contributed by atoms with Crippen molar-refractivity contribution in [1.29, 1.82) is 0 Å². The Morgan fingerprint density at radius 2 is 0.591 bits per heavy atom. The van der Waals surface area contributed by atoms with Crippen LogP contribution in [0, 0.1) is 0 Å². The zero-order chi connectivity index (χ0) is 30.7. The van der Waals surface area contributed by atoms with Crippen molar-refractivity contribution in [2.24, 2.45) is 0 Å². The van der Waals surface area contributed by atoms with Gasteiger partial charge in [0, 0.05) is 21.5 Å². The van der Waals surface area contributed by atoms with E-state index >= 15 is 0 Å². The van der Waals surface area contributed by atoms with E-state index in [0.29, 0.717) is 0 Å². The van der Waals surface area contributed by atoms with E-state index in [9.17, 15) is 0 Å². The Morgan fingerprint density at radius 3 is 0.909 bits per heavy atom. The normalized spacial score (nSPS) is 12.1. The lowest BCUT2D eigenvalue weighted by atomic mass is 9.94. The van der Waals surface area contributed by atoms with Gasteiger partial charge in [0.15, 0.2) is 0 Å². The summed E-state index contributed by atoms with van der Waals surface area (Å²) in [6, 6.07) is 14.2. The molecule has 0 bridgehead atoms. The molecule has 0 unspecified atom stereocenters. The Bertz CT molecular complexity index is 1490. The summed E-state index contributed by atoms with van der Waals surface area (Å²) in [4.78, 5) is 0. The van der Waals surface area contributed by atoms with Crippen molar-refractivity contribution in [3.63, 3.8) is 0 Å². The summed E-state index contributed by atoms with van der Waals surface area (Å²) in [5, 5.41) is 4.88. The number of aryl methyl sites for hydroxylation is 4. The minimum absolute atomic E-state index is 0.989. The van der Waals surface area contributed by atoms with E-state index < -0.39 is 0 Å². The average Bonchev–Trinajstić information content (AvgIpc) is 3.56. The number of hydrogen-bond donors (Lipinski definition) is 0. The van der Waals surface area contributed by atoms with Crippen molar-refractivity contribution in [2.45, 2.75) is 156 Å². The molecule has 0 N–H and O–H groups in total. The second-order valence-corrected chi connectivity index (χ2v) is 13.5. The standard InChI is InChI=1S/C42H58O2/c1-5-9-13-17-21-31-25-35-37-29-42-38(30-41(37)43-39(35)27-33(31)23-19-15-11-7-3)36-26-32(22-18-14-10-6-2)34(28-40(36)44-42)24-20-16-12-8-4/h25-30H,5-24H2,1-4H3. The predicted octanol–water partition coefficient (Wildman–Crippen LogP) is 14.0. The molecule has 5 aromatic rings. The van der Waals surface area contributed by atoms with Crippen molar-refractivity contribution >= 4 is 43.9 Å². The van der Waals surface area contributed by atoms with Crippen LogP contribution in [-0.4, -0.2) is 0 Å². The molecule has 2 heterocycles. The quantitative estimate of drug-likeness (QED) is 0.0838. The van der Waals surface area contributed by atoms with Crippen LogP contribution >= 0.6 is 0 Å². The van der Waals surface area contributed by atoms with Gasteiger partial charge >= 0.3 is 0 Å². The highest BCUT2D eigenvalue weighted by atomic mass is 16.3. The summed E-state index contributed by atoms with van der Waals surface area (Å²) in [7, 11) is 0. The third-order valence-electron chi connectivity index (χ3n) is 9.90. The summed E-state index contributed by atoms with van der Waals surface area (Å²) in [5.41, 5.74) is 10.1. The number of benzene rings is 3. The molecule has 0 saturated heterocycles. The molecule has 2 heteroatoms. The predicted molar refractivity (Wildman–Crippen MR) is 192 cm³/mol. The minimum atomic E-state index is 0.989. The van der Waals surface area contributed by atoms with Gasteiger partial charge in [-0.05, 0) is 110 Å². The number of fused-ring (bicyclic) bond motifs is 6. The molecule has 238 valence electrons. The fraction of sp³-hybridized carbons (Fsp3) is 0.571. The molecule has 2 aromatic heterocycles. The van der Waals surface area contributed by atoms with Crippen molar-refractivity contribution in [1.82, 2.24) is 0 Å².